The number of hydrogen-bond donors (Lipinski definition) is 1. The number of aryl methyl sites for hydroxylation is 1. The topological polar surface area (TPSA) is 15.3 Å². The van der Waals surface area contributed by atoms with Gasteiger partial charge >= 0.3 is 0 Å². The van der Waals surface area contributed by atoms with Gasteiger partial charge in [-0.05, 0) is 64.1 Å². The molecule has 120 valence electrons. The molecule has 1 aliphatic rings. The quantitative estimate of drug-likeness (QED) is 0.876. The zero-order valence-electron chi connectivity index (χ0n) is 14.7. The summed E-state index contributed by atoms with van der Waals surface area (Å²) >= 11 is 1.95. The third-order valence-corrected chi connectivity index (χ3v) is 5.33. The molecule has 2 nitrogen and oxygen atoms in total. The molecular formula is C18H32N2S. The molecule has 0 aromatic carbocycles. The summed E-state index contributed by atoms with van der Waals surface area (Å²) in [5.41, 5.74) is 2.21. The average Bonchev–Trinajstić information content (AvgIpc) is 2.66. The lowest BCUT2D eigenvalue weighted by Crippen LogP contribution is -2.39. The van der Waals surface area contributed by atoms with E-state index in [1.54, 1.807) is 0 Å². The summed E-state index contributed by atoms with van der Waals surface area (Å²) in [6, 6.07) is 2.42. The molecule has 1 saturated heterocycles. The Labute approximate surface area is 134 Å². The molecule has 1 fully saturated rings. The Hall–Kier alpha value is -0.380. The standard InChI is InChI=1S/C18H32N2S/c1-14-15(10-16(21-14)11-19-17(2,3)4)12-20-9-7-8-18(5,6)13-20/h10,19H,7-9,11-13H2,1-6H3. The second kappa shape index (κ2) is 6.39. The Kier molecular flexibility index (Phi) is 5.17. The van der Waals surface area contributed by atoms with Crippen molar-refractivity contribution in [2.75, 3.05) is 13.1 Å². The number of likely N-dealkylation sites (tertiary alicyclic amines) is 1. The van der Waals surface area contributed by atoms with Gasteiger partial charge in [0.05, 0.1) is 0 Å². The molecule has 0 amide bonds. The van der Waals surface area contributed by atoms with Crippen LogP contribution in [0.3, 0.4) is 0 Å². The smallest absolute Gasteiger partial charge is 0.0304 e. The largest absolute Gasteiger partial charge is 0.307 e. The third kappa shape index (κ3) is 5.39. The highest BCUT2D eigenvalue weighted by Crippen LogP contribution is 2.31. The Bertz CT molecular complexity index is 468. The van der Waals surface area contributed by atoms with E-state index in [2.05, 4.69) is 57.8 Å². The summed E-state index contributed by atoms with van der Waals surface area (Å²) in [6.45, 7) is 18.4. The molecule has 0 unspecified atom stereocenters. The first-order chi connectivity index (χ1) is 9.65. The van der Waals surface area contributed by atoms with Crippen LogP contribution in [0.15, 0.2) is 6.07 Å². The van der Waals surface area contributed by atoms with Gasteiger partial charge in [0, 0.05) is 34.9 Å². The minimum Gasteiger partial charge on any atom is -0.307 e. The first-order valence-electron chi connectivity index (χ1n) is 8.20. The SMILES string of the molecule is Cc1sc(CNC(C)(C)C)cc1CN1CCCC(C)(C)C1. The minimum absolute atomic E-state index is 0.189. The molecule has 2 heterocycles. The lowest BCUT2D eigenvalue weighted by atomic mass is 9.84. The lowest BCUT2D eigenvalue weighted by Gasteiger charge is -2.38. The van der Waals surface area contributed by atoms with Gasteiger partial charge in [0.15, 0.2) is 0 Å². The van der Waals surface area contributed by atoms with Gasteiger partial charge in [-0.1, -0.05) is 13.8 Å². The van der Waals surface area contributed by atoms with Crippen LogP contribution in [-0.4, -0.2) is 23.5 Å². The summed E-state index contributed by atoms with van der Waals surface area (Å²) in [4.78, 5) is 5.59. The maximum absolute atomic E-state index is 3.59. The van der Waals surface area contributed by atoms with Crippen molar-refractivity contribution in [3.63, 3.8) is 0 Å². The molecule has 0 spiro atoms. The zero-order chi connectivity index (χ0) is 15.7. The van der Waals surface area contributed by atoms with Gasteiger partial charge in [-0.25, -0.2) is 0 Å². The van der Waals surface area contributed by atoms with E-state index in [-0.39, 0.29) is 5.54 Å². The van der Waals surface area contributed by atoms with Gasteiger partial charge in [-0.15, -0.1) is 11.3 Å². The molecule has 1 aromatic heterocycles. The number of nitrogens with one attached hydrogen (secondary N) is 1. The Balaban J connectivity index is 1.96. The summed E-state index contributed by atoms with van der Waals surface area (Å²) in [5, 5.41) is 3.59. The lowest BCUT2D eigenvalue weighted by molar-refractivity contribution is 0.111. The third-order valence-electron chi connectivity index (χ3n) is 4.24. The molecule has 0 bridgehead atoms. The second-order valence-corrected chi connectivity index (χ2v) is 9.72. The van der Waals surface area contributed by atoms with Gasteiger partial charge in [-0.3, -0.25) is 4.90 Å². The molecule has 0 radical (unpaired) electrons. The van der Waals surface area contributed by atoms with Crippen molar-refractivity contribution < 1.29 is 0 Å². The van der Waals surface area contributed by atoms with E-state index in [1.807, 2.05) is 11.3 Å². The van der Waals surface area contributed by atoms with Crippen LogP contribution < -0.4 is 5.32 Å². The van der Waals surface area contributed by atoms with Crippen LogP contribution >= 0.6 is 11.3 Å². The summed E-state index contributed by atoms with van der Waals surface area (Å²) in [6.07, 6.45) is 2.71. The Morgan fingerprint density at radius 2 is 2.05 bits per heavy atom. The van der Waals surface area contributed by atoms with Crippen LogP contribution in [0.4, 0.5) is 0 Å². The van der Waals surface area contributed by atoms with Crippen molar-refractivity contribution in [3.05, 3.63) is 21.4 Å². The molecule has 1 aromatic rings. The molecule has 1 aliphatic heterocycles. The highest BCUT2D eigenvalue weighted by Gasteiger charge is 2.26. The second-order valence-electron chi connectivity index (χ2n) is 8.38. The van der Waals surface area contributed by atoms with Gasteiger partial charge in [0.2, 0.25) is 0 Å². The van der Waals surface area contributed by atoms with E-state index < -0.39 is 0 Å². The molecular weight excluding hydrogens is 276 g/mol. The molecule has 0 saturated carbocycles. The fourth-order valence-corrected chi connectivity index (χ4v) is 4.10. The van der Waals surface area contributed by atoms with E-state index in [4.69, 9.17) is 0 Å². The van der Waals surface area contributed by atoms with Crippen LogP contribution in [0.25, 0.3) is 0 Å². The van der Waals surface area contributed by atoms with Crippen molar-refractivity contribution in [2.45, 2.75) is 73.0 Å². The van der Waals surface area contributed by atoms with Crippen molar-refractivity contribution in [1.82, 2.24) is 10.2 Å². The predicted molar refractivity (Wildman–Crippen MR) is 93.9 cm³/mol. The number of thiophene rings is 1. The molecule has 0 atom stereocenters. The molecule has 3 heteroatoms. The van der Waals surface area contributed by atoms with Crippen LogP contribution in [0.1, 0.15) is 62.8 Å². The van der Waals surface area contributed by atoms with Crippen molar-refractivity contribution >= 4 is 11.3 Å². The summed E-state index contributed by atoms with van der Waals surface area (Å²) < 4.78 is 0. The first kappa shape index (κ1) is 17.0. The van der Waals surface area contributed by atoms with Crippen molar-refractivity contribution in [2.24, 2.45) is 5.41 Å². The zero-order valence-corrected chi connectivity index (χ0v) is 15.5. The van der Waals surface area contributed by atoms with E-state index in [9.17, 15) is 0 Å². The number of nitrogens with zero attached hydrogens (tertiary/aromatic N) is 1. The predicted octanol–water partition coefficient (Wildman–Crippen LogP) is 4.57. The van der Waals surface area contributed by atoms with Gasteiger partial charge in [0.25, 0.3) is 0 Å². The maximum Gasteiger partial charge on any atom is 0.0304 e. The molecule has 1 N–H and O–H groups in total. The van der Waals surface area contributed by atoms with Crippen molar-refractivity contribution in [3.8, 4) is 0 Å². The number of hydrogen-bond acceptors (Lipinski definition) is 3. The van der Waals surface area contributed by atoms with E-state index in [0.29, 0.717) is 5.41 Å². The van der Waals surface area contributed by atoms with Gasteiger partial charge < -0.3 is 5.32 Å². The van der Waals surface area contributed by atoms with Crippen LogP contribution in [0.2, 0.25) is 0 Å². The monoisotopic (exact) mass is 308 g/mol. The first-order valence-corrected chi connectivity index (χ1v) is 9.02. The molecule has 2 rings (SSSR count). The average molecular weight is 309 g/mol. The molecule has 21 heavy (non-hydrogen) atoms. The van der Waals surface area contributed by atoms with E-state index >= 15 is 0 Å². The number of piperidine rings is 1. The summed E-state index contributed by atoms with van der Waals surface area (Å²) in [5.74, 6) is 0. The Morgan fingerprint density at radius 1 is 1.33 bits per heavy atom. The maximum atomic E-state index is 3.59. The van der Waals surface area contributed by atoms with E-state index in [1.165, 1.54) is 41.2 Å². The highest BCUT2D eigenvalue weighted by atomic mass is 32.1. The van der Waals surface area contributed by atoms with Gasteiger partial charge in [0.1, 0.15) is 0 Å². The Morgan fingerprint density at radius 3 is 2.67 bits per heavy atom. The highest BCUT2D eigenvalue weighted by molar-refractivity contribution is 7.12. The van der Waals surface area contributed by atoms with Crippen LogP contribution in [0.5, 0.6) is 0 Å². The van der Waals surface area contributed by atoms with Crippen molar-refractivity contribution in [1.29, 1.82) is 0 Å². The molecule has 0 aliphatic carbocycles. The van der Waals surface area contributed by atoms with Crippen LogP contribution in [-0.2, 0) is 13.1 Å². The van der Waals surface area contributed by atoms with Gasteiger partial charge in [-0.2, -0.15) is 0 Å². The number of rotatable bonds is 4. The van der Waals surface area contributed by atoms with Crippen LogP contribution in [0, 0.1) is 12.3 Å². The minimum atomic E-state index is 0.189. The fourth-order valence-electron chi connectivity index (χ4n) is 3.10. The summed E-state index contributed by atoms with van der Waals surface area (Å²) in [7, 11) is 0. The van der Waals surface area contributed by atoms with E-state index in [0.717, 1.165) is 13.1 Å². The fraction of sp³-hybridized carbons (Fsp3) is 0.778. The normalized spacial score (nSPS) is 19.9.